The molecule has 4 rings (SSSR count). The van der Waals surface area contributed by atoms with E-state index in [1.807, 2.05) is 6.92 Å². The van der Waals surface area contributed by atoms with Gasteiger partial charge in [0.05, 0.1) is 18.3 Å². The summed E-state index contributed by atoms with van der Waals surface area (Å²) in [4.78, 5) is 140. The summed E-state index contributed by atoms with van der Waals surface area (Å²) in [5, 5.41) is 29.4. The zero-order chi connectivity index (χ0) is 63.5. The number of benzene rings is 2. The van der Waals surface area contributed by atoms with E-state index in [0.29, 0.717) is 100 Å². The molecule has 25 nitrogen and oxygen atoms in total. The fraction of sp³-hybridized carbons (Fsp3) is 0.610. The van der Waals surface area contributed by atoms with Crippen molar-refractivity contribution in [2.45, 2.75) is 132 Å². The Morgan fingerprint density at radius 3 is 1.87 bits per heavy atom. The Labute approximate surface area is 523 Å². The number of aliphatic imine (C=N–C) groups is 1. The number of amides is 10. The standard InChI is InChI=1S/C59H92N14O11S3/c1-3-5-20-67-59(84)68-34-44(38-87-37-42-29-40(35-85-26-17-51(75)76)28-41(30-42)36-86-27-23-66-53(78)43(32-64-21-18-60)33-65-22-19-61)57(82)73-25-10-14-49(73)58(83)72-24-9-13-48(72)56(81)69-45(4-2)54(79)70-46(15-16-50(62)74)55(80)71-47(52(63)77)31-39-11-7-6-8-12-39/h6-8,11-12,28-30,34,43-49,64-65H,3-5,9-10,13-27,31-33,35-38,60-61H2,1-2H3,(H2,62,74)(H2,63,77)(H,66,78)(H,67,84)(H,69,81)(H,70,79)(H,71,80)(H,75,76)/b68-34+/t44?,45-,46-,47-,48-,49-/m0/s1. The number of aliphatic carboxylic acids is 1. The molecule has 0 radical (unpaired) electrons. The fourth-order valence-corrected chi connectivity index (χ4v) is 12.5. The highest BCUT2D eigenvalue weighted by atomic mass is 32.2. The first kappa shape index (κ1) is 73.2. The second kappa shape index (κ2) is 41.0. The second-order valence-corrected chi connectivity index (χ2v) is 24.7. The lowest BCUT2D eigenvalue weighted by atomic mass is 10.0. The van der Waals surface area contributed by atoms with Gasteiger partial charge in [0.1, 0.15) is 30.2 Å². The molecule has 2 aliphatic rings. The molecule has 2 aromatic carbocycles. The minimum absolute atomic E-state index is 0.0268. The highest BCUT2D eigenvalue weighted by Crippen LogP contribution is 2.29. The third-order valence-corrected chi connectivity index (χ3v) is 17.7. The molecule has 87 heavy (non-hydrogen) atoms. The Bertz CT molecular complexity index is 2580. The summed E-state index contributed by atoms with van der Waals surface area (Å²) in [5.41, 5.74) is 26.0. The highest BCUT2D eigenvalue weighted by Gasteiger charge is 2.44. The number of thioether (sulfide) groups is 3. The van der Waals surface area contributed by atoms with E-state index in [9.17, 15) is 53.1 Å². The predicted molar refractivity (Wildman–Crippen MR) is 341 cm³/mol. The van der Waals surface area contributed by atoms with E-state index >= 15 is 0 Å². The molecule has 16 N–H and O–H groups in total. The zero-order valence-corrected chi connectivity index (χ0v) is 52.7. The number of carbonyl (C=O) groups excluding carboxylic acids is 9. The lowest BCUT2D eigenvalue weighted by Gasteiger charge is -2.32. The van der Waals surface area contributed by atoms with Crippen LogP contribution in [0.15, 0.2) is 53.5 Å². The van der Waals surface area contributed by atoms with Crippen LogP contribution in [0, 0.1) is 11.8 Å². The molecule has 0 bridgehead atoms. The van der Waals surface area contributed by atoms with Crippen LogP contribution in [0.5, 0.6) is 0 Å². The van der Waals surface area contributed by atoms with Crippen molar-refractivity contribution in [2.75, 3.05) is 82.7 Å². The van der Waals surface area contributed by atoms with Crippen LogP contribution in [0.4, 0.5) is 4.79 Å². The first-order chi connectivity index (χ1) is 41.9. The predicted octanol–water partition coefficient (Wildman–Crippen LogP) is 0.726. The van der Waals surface area contributed by atoms with Crippen LogP contribution in [0.1, 0.15) is 100 Å². The maximum atomic E-state index is 14.8. The highest BCUT2D eigenvalue weighted by molar-refractivity contribution is 7.99. The number of unbranched alkanes of at least 4 members (excludes halogenated alkanes) is 1. The molecule has 482 valence electrons. The number of carboxylic acids is 1. The number of hydrogen-bond acceptors (Lipinski definition) is 17. The Balaban J connectivity index is 1.46. The fourth-order valence-electron chi connectivity index (χ4n) is 9.88. The van der Waals surface area contributed by atoms with Crippen molar-refractivity contribution < 1.29 is 53.1 Å². The topological polar surface area (TPSA) is 398 Å². The van der Waals surface area contributed by atoms with E-state index in [2.05, 4.69) is 60.4 Å². The summed E-state index contributed by atoms with van der Waals surface area (Å²) in [5.74, 6) is -3.73. The summed E-state index contributed by atoms with van der Waals surface area (Å²) in [6.45, 7) is 8.03. The van der Waals surface area contributed by atoms with E-state index in [0.717, 1.165) is 35.1 Å². The quantitative estimate of drug-likeness (QED) is 0.0322. The molecule has 28 heteroatoms. The monoisotopic (exact) mass is 1270 g/mol. The van der Waals surface area contributed by atoms with Crippen LogP contribution in [0.3, 0.4) is 0 Å². The molecular formula is C59H92N14O11S3. The van der Waals surface area contributed by atoms with Crippen molar-refractivity contribution in [1.29, 1.82) is 0 Å². The normalized spacial score (nSPS) is 16.2. The van der Waals surface area contributed by atoms with Gasteiger partial charge < -0.3 is 75.1 Å². The van der Waals surface area contributed by atoms with Gasteiger partial charge in [0.2, 0.25) is 47.3 Å². The molecule has 2 aromatic rings. The summed E-state index contributed by atoms with van der Waals surface area (Å²) >= 11 is 4.64. The number of nitrogens with one attached hydrogen (secondary N) is 7. The average Bonchev–Trinajstić information content (AvgIpc) is 3.34. The number of nitrogens with two attached hydrogens (primary N) is 4. The summed E-state index contributed by atoms with van der Waals surface area (Å²) < 4.78 is 0. The Kier molecular flexibility index (Phi) is 34.5. The van der Waals surface area contributed by atoms with Gasteiger partial charge in [0.25, 0.3) is 0 Å². The van der Waals surface area contributed by atoms with Gasteiger partial charge in [-0.2, -0.15) is 35.3 Å². The summed E-state index contributed by atoms with van der Waals surface area (Å²) in [6, 6.07) is 8.91. The van der Waals surface area contributed by atoms with E-state index < -0.39 is 89.5 Å². The molecule has 2 heterocycles. The largest absolute Gasteiger partial charge is 0.481 e. The molecule has 0 aromatic heterocycles. The van der Waals surface area contributed by atoms with Gasteiger partial charge in [-0.3, -0.25) is 43.2 Å². The number of nitrogens with zero attached hydrogens (tertiary/aromatic N) is 3. The number of carbonyl (C=O) groups is 10. The van der Waals surface area contributed by atoms with Crippen molar-refractivity contribution in [3.05, 3.63) is 70.8 Å². The van der Waals surface area contributed by atoms with E-state index in [1.165, 1.54) is 39.5 Å². The molecule has 10 amide bonds. The molecule has 0 aliphatic carbocycles. The Morgan fingerprint density at radius 2 is 1.28 bits per heavy atom. The Hall–Kier alpha value is -6.30. The lowest BCUT2D eigenvalue weighted by molar-refractivity contribution is -0.147. The van der Waals surface area contributed by atoms with Crippen molar-refractivity contribution in [3.63, 3.8) is 0 Å². The Morgan fingerprint density at radius 1 is 0.678 bits per heavy atom. The third-order valence-electron chi connectivity index (χ3n) is 14.5. The van der Waals surface area contributed by atoms with Crippen molar-refractivity contribution >= 4 is 101 Å². The van der Waals surface area contributed by atoms with Crippen LogP contribution in [-0.2, 0) is 66.8 Å². The van der Waals surface area contributed by atoms with E-state index in [-0.39, 0.29) is 69.2 Å². The lowest BCUT2D eigenvalue weighted by Crippen LogP contribution is -2.58. The average molecular weight is 1270 g/mol. The van der Waals surface area contributed by atoms with Crippen LogP contribution < -0.4 is 60.2 Å². The molecule has 0 saturated carbocycles. The summed E-state index contributed by atoms with van der Waals surface area (Å²) in [7, 11) is 0. The van der Waals surface area contributed by atoms with Crippen LogP contribution in [0.2, 0.25) is 0 Å². The van der Waals surface area contributed by atoms with Gasteiger partial charge >= 0.3 is 12.0 Å². The van der Waals surface area contributed by atoms with Gasteiger partial charge in [-0.15, -0.1) is 0 Å². The van der Waals surface area contributed by atoms with Crippen molar-refractivity contribution in [2.24, 2.45) is 39.8 Å². The van der Waals surface area contributed by atoms with Crippen LogP contribution in [0.25, 0.3) is 0 Å². The molecular weight excluding hydrogens is 1180 g/mol. The van der Waals surface area contributed by atoms with Gasteiger partial charge in [-0.1, -0.05) is 68.8 Å². The van der Waals surface area contributed by atoms with Crippen molar-refractivity contribution in [3.8, 4) is 0 Å². The van der Waals surface area contributed by atoms with Gasteiger partial charge in [-0.25, -0.2) is 9.79 Å². The van der Waals surface area contributed by atoms with Gasteiger partial charge in [0.15, 0.2) is 0 Å². The molecule has 6 atom stereocenters. The van der Waals surface area contributed by atoms with E-state index in [4.69, 9.17) is 22.9 Å². The molecule has 1 unspecified atom stereocenters. The number of rotatable bonds is 42. The number of hydrogen-bond donors (Lipinski definition) is 12. The molecule has 0 spiro atoms. The minimum atomic E-state index is -1.34. The van der Waals surface area contributed by atoms with Gasteiger partial charge in [-0.05, 0) is 67.2 Å². The zero-order valence-electron chi connectivity index (χ0n) is 50.2. The number of carboxylic acid groups (broad SMARTS) is 1. The number of urea groups is 1. The third kappa shape index (κ3) is 26.9. The summed E-state index contributed by atoms with van der Waals surface area (Å²) in [6.07, 6.45) is 4.18. The van der Waals surface area contributed by atoms with Crippen molar-refractivity contribution in [1.82, 2.24) is 47.0 Å². The smallest absolute Gasteiger partial charge is 0.340 e. The van der Waals surface area contributed by atoms with E-state index in [1.54, 1.807) is 49.0 Å². The number of primary amides is 2. The van der Waals surface area contributed by atoms with Crippen LogP contribution >= 0.6 is 35.3 Å². The maximum Gasteiger partial charge on any atom is 0.340 e. The number of likely N-dealkylation sites (tertiary alicyclic amines) is 2. The molecule has 2 fully saturated rings. The minimum Gasteiger partial charge on any atom is -0.481 e. The first-order valence-electron chi connectivity index (χ1n) is 30.0. The molecule has 2 saturated heterocycles. The second-order valence-electron chi connectivity index (χ2n) is 21.4. The SMILES string of the molecule is CCCCNC(=O)/N=C/C(CSCc1cc(CSCCNC(=O)C(CNCCN)CNCCN)cc(CSCCC(=O)O)c1)C(=O)N1CCC[C@H]1C(=O)N1CCC[C@H]1C(=O)N[C@@H](CC)C(=O)N[C@@H](CCC(N)=O)C(=O)N[C@@H](Cc1ccccc1)C(N)=O. The van der Waals surface area contributed by atoms with Crippen LogP contribution in [-0.4, -0.2) is 193 Å². The molecule has 2 aliphatic heterocycles. The first-order valence-corrected chi connectivity index (χ1v) is 33.5. The maximum absolute atomic E-state index is 14.8. The van der Waals surface area contributed by atoms with Gasteiger partial charge in [0, 0.05) is 119 Å².